The van der Waals surface area contributed by atoms with Crippen molar-refractivity contribution in [3.05, 3.63) is 60.4 Å². The predicted octanol–water partition coefficient (Wildman–Crippen LogP) is 1.91. The van der Waals surface area contributed by atoms with Crippen LogP contribution in [0.15, 0.2) is 59.5 Å². The van der Waals surface area contributed by atoms with Crippen LogP contribution in [0.1, 0.15) is 6.42 Å². The monoisotopic (exact) mass is 334 g/mol. The minimum absolute atomic E-state index is 0.119. The zero-order valence-corrected chi connectivity index (χ0v) is 13.0. The molecule has 1 aliphatic heterocycles. The number of halogens is 1. The number of sulfonamides is 1. The topological polar surface area (TPSA) is 66.5 Å². The lowest BCUT2D eigenvalue weighted by Gasteiger charge is -2.17. The first-order valence-electron chi connectivity index (χ1n) is 7.12. The van der Waals surface area contributed by atoms with Gasteiger partial charge in [-0.2, -0.15) is 4.72 Å². The van der Waals surface area contributed by atoms with Crippen molar-refractivity contribution in [2.75, 3.05) is 11.4 Å². The average molecular weight is 334 g/mol. The summed E-state index contributed by atoms with van der Waals surface area (Å²) in [4.78, 5) is 14.0. The fraction of sp³-hybridized carbons (Fsp3) is 0.188. The third-order valence-electron chi connectivity index (χ3n) is 3.69. The van der Waals surface area contributed by atoms with Gasteiger partial charge in [0.25, 0.3) is 0 Å². The van der Waals surface area contributed by atoms with E-state index in [-0.39, 0.29) is 16.6 Å². The predicted molar refractivity (Wildman–Crippen MR) is 83.9 cm³/mol. The van der Waals surface area contributed by atoms with Crippen molar-refractivity contribution in [2.45, 2.75) is 17.4 Å². The van der Waals surface area contributed by atoms with Gasteiger partial charge >= 0.3 is 0 Å². The zero-order chi connectivity index (χ0) is 16.4. The number of anilines is 1. The molecular weight excluding hydrogens is 319 g/mol. The first-order chi connectivity index (χ1) is 11.0. The van der Waals surface area contributed by atoms with Crippen LogP contribution >= 0.6 is 0 Å². The maximum Gasteiger partial charge on any atom is 0.245 e. The molecule has 0 spiro atoms. The summed E-state index contributed by atoms with van der Waals surface area (Å²) in [7, 11) is -3.75. The fourth-order valence-corrected chi connectivity index (χ4v) is 3.77. The number of nitrogens with one attached hydrogen (secondary N) is 1. The van der Waals surface area contributed by atoms with E-state index in [0.29, 0.717) is 18.7 Å². The molecule has 2 aromatic carbocycles. The van der Waals surface area contributed by atoms with Gasteiger partial charge in [-0.3, -0.25) is 4.79 Å². The second-order valence-electron chi connectivity index (χ2n) is 5.24. The molecule has 1 aliphatic rings. The Kier molecular flexibility index (Phi) is 4.14. The molecule has 0 aromatic heterocycles. The summed E-state index contributed by atoms with van der Waals surface area (Å²) in [6.45, 7) is 0.381. The third kappa shape index (κ3) is 3.25. The van der Waals surface area contributed by atoms with Crippen LogP contribution in [-0.2, 0) is 14.8 Å². The average Bonchev–Trinajstić information content (AvgIpc) is 2.90. The zero-order valence-electron chi connectivity index (χ0n) is 12.1. The summed E-state index contributed by atoms with van der Waals surface area (Å²) in [6, 6.07) is 12.6. The Morgan fingerprint density at radius 1 is 1.04 bits per heavy atom. The number of rotatable bonds is 4. The van der Waals surface area contributed by atoms with Crippen LogP contribution < -0.4 is 9.62 Å². The lowest BCUT2D eigenvalue weighted by atomic mass is 10.3. The number of carbonyl (C=O) groups excluding carboxylic acids is 1. The highest BCUT2D eigenvalue weighted by Crippen LogP contribution is 2.23. The van der Waals surface area contributed by atoms with E-state index in [9.17, 15) is 17.6 Å². The first kappa shape index (κ1) is 15.6. The molecule has 0 bridgehead atoms. The molecule has 1 heterocycles. The maximum atomic E-state index is 13.0. The van der Waals surface area contributed by atoms with E-state index < -0.39 is 16.1 Å². The minimum atomic E-state index is -3.75. The molecule has 3 rings (SSSR count). The van der Waals surface area contributed by atoms with E-state index in [2.05, 4.69) is 4.72 Å². The van der Waals surface area contributed by atoms with E-state index in [1.807, 2.05) is 0 Å². The molecule has 1 amide bonds. The van der Waals surface area contributed by atoms with Crippen LogP contribution in [0.4, 0.5) is 10.1 Å². The molecular formula is C16H15FN2O3S. The van der Waals surface area contributed by atoms with Gasteiger partial charge in [-0.25, -0.2) is 12.8 Å². The van der Waals surface area contributed by atoms with Crippen molar-refractivity contribution in [2.24, 2.45) is 0 Å². The van der Waals surface area contributed by atoms with Crippen molar-refractivity contribution in [1.82, 2.24) is 4.72 Å². The SMILES string of the molecule is O=C1[C@H](NS(=O)(=O)c2ccccc2)CCN1c1ccc(F)cc1. The van der Waals surface area contributed by atoms with Gasteiger partial charge in [-0.15, -0.1) is 0 Å². The van der Waals surface area contributed by atoms with Gasteiger partial charge in [0.05, 0.1) is 4.90 Å². The number of carbonyl (C=O) groups is 1. The summed E-state index contributed by atoms with van der Waals surface area (Å²) in [5.41, 5.74) is 0.554. The van der Waals surface area contributed by atoms with Crippen LogP contribution in [-0.4, -0.2) is 26.9 Å². The number of amides is 1. The normalized spacial score (nSPS) is 18.4. The Labute approximate surface area is 133 Å². The molecule has 23 heavy (non-hydrogen) atoms. The van der Waals surface area contributed by atoms with Gasteiger partial charge in [0.1, 0.15) is 11.9 Å². The Hall–Kier alpha value is -2.25. The van der Waals surface area contributed by atoms with Gasteiger partial charge in [0, 0.05) is 12.2 Å². The molecule has 7 heteroatoms. The highest BCUT2D eigenvalue weighted by molar-refractivity contribution is 7.89. The second-order valence-corrected chi connectivity index (χ2v) is 6.96. The largest absolute Gasteiger partial charge is 0.311 e. The Bertz CT molecular complexity index is 807. The smallest absolute Gasteiger partial charge is 0.245 e. The van der Waals surface area contributed by atoms with Crippen molar-refractivity contribution in [3.8, 4) is 0 Å². The van der Waals surface area contributed by atoms with Crippen LogP contribution in [0.2, 0.25) is 0 Å². The standard InChI is InChI=1S/C16H15FN2O3S/c17-12-6-8-13(9-7-12)19-11-10-15(16(19)20)18-23(21,22)14-4-2-1-3-5-14/h1-9,15,18H,10-11H2/t15-/m1/s1. The van der Waals surface area contributed by atoms with E-state index in [1.165, 1.54) is 41.3 Å². The minimum Gasteiger partial charge on any atom is -0.311 e. The molecule has 5 nitrogen and oxygen atoms in total. The van der Waals surface area contributed by atoms with Crippen LogP contribution in [0, 0.1) is 5.82 Å². The molecule has 0 saturated carbocycles. The molecule has 1 fully saturated rings. The number of nitrogens with zero attached hydrogens (tertiary/aromatic N) is 1. The van der Waals surface area contributed by atoms with Gasteiger partial charge < -0.3 is 4.90 Å². The summed E-state index contributed by atoms with van der Waals surface area (Å²) < 4.78 is 40.0. The van der Waals surface area contributed by atoms with Crippen molar-refractivity contribution >= 4 is 21.6 Å². The van der Waals surface area contributed by atoms with Gasteiger partial charge in [-0.05, 0) is 42.8 Å². The molecule has 0 unspecified atom stereocenters. The molecule has 1 N–H and O–H groups in total. The summed E-state index contributed by atoms with van der Waals surface area (Å²) in [5.74, 6) is -0.724. The first-order valence-corrected chi connectivity index (χ1v) is 8.60. The lowest BCUT2D eigenvalue weighted by molar-refractivity contribution is -0.118. The highest BCUT2D eigenvalue weighted by Gasteiger charge is 2.35. The quantitative estimate of drug-likeness (QED) is 0.929. The van der Waals surface area contributed by atoms with Crippen LogP contribution in [0.25, 0.3) is 0 Å². The van der Waals surface area contributed by atoms with Crippen molar-refractivity contribution in [1.29, 1.82) is 0 Å². The van der Waals surface area contributed by atoms with Gasteiger partial charge in [0.2, 0.25) is 15.9 Å². The molecule has 0 aliphatic carbocycles. The molecule has 2 aromatic rings. The van der Waals surface area contributed by atoms with E-state index in [0.717, 1.165) is 0 Å². The number of benzene rings is 2. The maximum absolute atomic E-state index is 13.0. The van der Waals surface area contributed by atoms with Gasteiger partial charge in [0.15, 0.2) is 0 Å². The Morgan fingerprint density at radius 2 is 1.70 bits per heavy atom. The molecule has 1 atom stereocenters. The van der Waals surface area contributed by atoms with E-state index >= 15 is 0 Å². The fourth-order valence-electron chi connectivity index (χ4n) is 2.52. The molecule has 120 valence electrons. The number of hydrogen-bond donors (Lipinski definition) is 1. The lowest BCUT2D eigenvalue weighted by Crippen LogP contribution is -2.41. The van der Waals surface area contributed by atoms with Crippen molar-refractivity contribution in [3.63, 3.8) is 0 Å². The third-order valence-corrected chi connectivity index (χ3v) is 5.18. The molecule has 0 radical (unpaired) electrons. The van der Waals surface area contributed by atoms with Crippen LogP contribution in [0.5, 0.6) is 0 Å². The Morgan fingerprint density at radius 3 is 2.35 bits per heavy atom. The summed E-state index contributed by atoms with van der Waals surface area (Å²) in [5, 5.41) is 0. The number of hydrogen-bond acceptors (Lipinski definition) is 3. The van der Waals surface area contributed by atoms with Crippen molar-refractivity contribution < 1.29 is 17.6 Å². The van der Waals surface area contributed by atoms with Crippen LogP contribution in [0.3, 0.4) is 0 Å². The summed E-state index contributed by atoms with van der Waals surface area (Å²) >= 11 is 0. The summed E-state index contributed by atoms with van der Waals surface area (Å²) in [6.07, 6.45) is 0.363. The van der Waals surface area contributed by atoms with E-state index in [4.69, 9.17) is 0 Å². The second kappa shape index (κ2) is 6.10. The highest BCUT2D eigenvalue weighted by atomic mass is 32.2. The Balaban J connectivity index is 1.76. The van der Waals surface area contributed by atoms with E-state index in [1.54, 1.807) is 18.2 Å². The molecule has 1 saturated heterocycles. The van der Waals surface area contributed by atoms with Gasteiger partial charge in [-0.1, -0.05) is 18.2 Å².